The largest absolute Gasteiger partial charge is 0.314 e. The van der Waals surface area contributed by atoms with Gasteiger partial charge in [-0.15, -0.1) is 0 Å². The van der Waals surface area contributed by atoms with E-state index in [-0.39, 0.29) is 0 Å². The molecule has 0 fully saturated rings. The molecule has 1 atom stereocenters. The quantitative estimate of drug-likeness (QED) is 0.726. The summed E-state index contributed by atoms with van der Waals surface area (Å²) in [6.45, 7) is 4.48. The molecule has 0 aliphatic carbocycles. The van der Waals surface area contributed by atoms with Crippen LogP contribution >= 0.6 is 0 Å². The van der Waals surface area contributed by atoms with Crippen LogP contribution in [0, 0.1) is 0 Å². The molecule has 1 aromatic heterocycles. The minimum absolute atomic E-state index is 0.618. The normalized spacial score (nSPS) is 13.2. The highest BCUT2D eigenvalue weighted by atomic mass is 15.2. The fraction of sp³-hybridized carbons (Fsp3) is 0.786. The number of aromatic nitrogens is 2. The molecule has 0 saturated heterocycles. The SMILES string of the molecule is CCCNC(CCc1cnn(C)c1)CCN(C)C. The maximum Gasteiger partial charge on any atom is 0.0521 e. The third kappa shape index (κ3) is 6.17. The van der Waals surface area contributed by atoms with Crippen LogP contribution in [0.5, 0.6) is 0 Å². The fourth-order valence-electron chi connectivity index (χ4n) is 2.05. The van der Waals surface area contributed by atoms with Crippen molar-refractivity contribution in [1.29, 1.82) is 0 Å². The van der Waals surface area contributed by atoms with Crippen LogP contribution in [0.2, 0.25) is 0 Å². The Labute approximate surface area is 111 Å². The van der Waals surface area contributed by atoms with Gasteiger partial charge in [0.05, 0.1) is 6.20 Å². The summed E-state index contributed by atoms with van der Waals surface area (Å²) in [7, 11) is 6.25. The van der Waals surface area contributed by atoms with Crippen molar-refractivity contribution < 1.29 is 0 Å². The molecule has 0 spiro atoms. The fourth-order valence-corrected chi connectivity index (χ4v) is 2.05. The second kappa shape index (κ2) is 8.27. The second-order valence-electron chi connectivity index (χ2n) is 5.30. The van der Waals surface area contributed by atoms with E-state index >= 15 is 0 Å². The molecule has 1 rings (SSSR count). The molecular formula is C14H28N4. The highest BCUT2D eigenvalue weighted by molar-refractivity contribution is 5.03. The first-order chi connectivity index (χ1) is 8.61. The number of nitrogens with zero attached hydrogens (tertiary/aromatic N) is 3. The third-order valence-corrected chi connectivity index (χ3v) is 3.15. The smallest absolute Gasteiger partial charge is 0.0521 e. The number of hydrogen-bond donors (Lipinski definition) is 1. The first-order valence-corrected chi connectivity index (χ1v) is 6.97. The van der Waals surface area contributed by atoms with Crippen molar-refractivity contribution in [2.24, 2.45) is 7.05 Å². The van der Waals surface area contributed by atoms with E-state index in [4.69, 9.17) is 0 Å². The lowest BCUT2D eigenvalue weighted by Gasteiger charge is -2.20. The van der Waals surface area contributed by atoms with E-state index in [9.17, 15) is 0 Å². The predicted molar refractivity (Wildman–Crippen MR) is 76.8 cm³/mol. The van der Waals surface area contributed by atoms with Crippen molar-refractivity contribution in [3.05, 3.63) is 18.0 Å². The number of hydrogen-bond acceptors (Lipinski definition) is 3. The van der Waals surface area contributed by atoms with Crippen molar-refractivity contribution >= 4 is 0 Å². The predicted octanol–water partition coefficient (Wildman–Crippen LogP) is 1.67. The van der Waals surface area contributed by atoms with E-state index in [1.165, 1.54) is 24.8 Å². The van der Waals surface area contributed by atoms with Crippen LogP contribution in [0.15, 0.2) is 12.4 Å². The zero-order chi connectivity index (χ0) is 13.4. The Morgan fingerprint density at radius 3 is 2.72 bits per heavy atom. The van der Waals surface area contributed by atoms with Gasteiger partial charge < -0.3 is 10.2 Å². The van der Waals surface area contributed by atoms with Gasteiger partial charge in [-0.05, 0) is 58.4 Å². The number of rotatable bonds is 9. The summed E-state index contributed by atoms with van der Waals surface area (Å²) in [5.41, 5.74) is 1.34. The van der Waals surface area contributed by atoms with Crippen LogP contribution in [0.4, 0.5) is 0 Å². The van der Waals surface area contributed by atoms with E-state index in [2.05, 4.69) is 42.5 Å². The van der Waals surface area contributed by atoms with Gasteiger partial charge in [-0.25, -0.2) is 0 Å². The summed E-state index contributed by atoms with van der Waals surface area (Å²) < 4.78 is 1.88. The minimum Gasteiger partial charge on any atom is -0.314 e. The second-order valence-corrected chi connectivity index (χ2v) is 5.30. The average molecular weight is 252 g/mol. The Kier molecular flexibility index (Phi) is 6.98. The molecule has 0 amide bonds. The Morgan fingerprint density at radius 1 is 1.39 bits per heavy atom. The molecular weight excluding hydrogens is 224 g/mol. The topological polar surface area (TPSA) is 33.1 Å². The molecule has 0 bridgehead atoms. The molecule has 0 radical (unpaired) electrons. The maximum absolute atomic E-state index is 4.22. The van der Waals surface area contributed by atoms with Crippen molar-refractivity contribution in [2.45, 2.75) is 38.6 Å². The molecule has 104 valence electrons. The Hall–Kier alpha value is -0.870. The lowest BCUT2D eigenvalue weighted by atomic mass is 10.0. The van der Waals surface area contributed by atoms with Crippen LogP contribution in [-0.4, -0.2) is 47.9 Å². The zero-order valence-electron chi connectivity index (χ0n) is 12.3. The van der Waals surface area contributed by atoms with Gasteiger partial charge in [0.15, 0.2) is 0 Å². The molecule has 4 nitrogen and oxygen atoms in total. The van der Waals surface area contributed by atoms with Gasteiger partial charge in [0.1, 0.15) is 0 Å². The summed E-state index contributed by atoms with van der Waals surface area (Å²) in [6.07, 6.45) is 8.81. The lowest BCUT2D eigenvalue weighted by Crippen LogP contribution is -2.33. The monoisotopic (exact) mass is 252 g/mol. The molecule has 18 heavy (non-hydrogen) atoms. The van der Waals surface area contributed by atoms with Crippen LogP contribution < -0.4 is 5.32 Å². The van der Waals surface area contributed by atoms with E-state index in [1.54, 1.807) is 0 Å². The van der Waals surface area contributed by atoms with Gasteiger partial charge in [-0.1, -0.05) is 6.92 Å². The average Bonchev–Trinajstić information content (AvgIpc) is 2.74. The van der Waals surface area contributed by atoms with E-state index in [1.807, 2.05) is 17.9 Å². The summed E-state index contributed by atoms with van der Waals surface area (Å²) in [6, 6.07) is 0.618. The van der Waals surface area contributed by atoms with E-state index in [0.717, 1.165) is 19.5 Å². The van der Waals surface area contributed by atoms with Crippen molar-refractivity contribution in [3.63, 3.8) is 0 Å². The first-order valence-electron chi connectivity index (χ1n) is 6.97. The van der Waals surface area contributed by atoms with Crippen LogP contribution in [-0.2, 0) is 13.5 Å². The van der Waals surface area contributed by atoms with Crippen molar-refractivity contribution in [1.82, 2.24) is 20.0 Å². The van der Waals surface area contributed by atoms with Crippen LogP contribution in [0.1, 0.15) is 31.7 Å². The summed E-state index contributed by atoms with van der Waals surface area (Å²) in [5.74, 6) is 0. The van der Waals surface area contributed by atoms with Crippen LogP contribution in [0.25, 0.3) is 0 Å². The minimum atomic E-state index is 0.618. The Morgan fingerprint density at radius 2 is 2.17 bits per heavy atom. The van der Waals surface area contributed by atoms with Gasteiger partial charge in [-0.3, -0.25) is 4.68 Å². The molecule has 1 N–H and O–H groups in total. The zero-order valence-corrected chi connectivity index (χ0v) is 12.3. The molecule has 0 aliphatic heterocycles. The third-order valence-electron chi connectivity index (χ3n) is 3.15. The number of aryl methyl sites for hydroxylation is 2. The molecule has 1 unspecified atom stereocenters. The molecule has 1 aromatic rings. The molecule has 0 saturated carbocycles. The molecule has 1 heterocycles. The molecule has 4 heteroatoms. The Balaban J connectivity index is 2.34. The highest BCUT2D eigenvalue weighted by Crippen LogP contribution is 2.07. The first kappa shape index (κ1) is 15.2. The molecule has 0 aromatic carbocycles. The van der Waals surface area contributed by atoms with E-state index < -0.39 is 0 Å². The van der Waals surface area contributed by atoms with Crippen molar-refractivity contribution in [3.8, 4) is 0 Å². The summed E-state index contributed by atoms with van der Waals surface area (Å²) in [4.78, 5) is 2.25. The van der Waals surface area contributed by atoms with Gasteiger partial charge in [0.2, 0.25) is 0 Å². The lowest BCUT2D eigenvalue weighted by molar-refractivity contribution is 0.349. The van der Waals surface area contributed by atoms with Gasteiger partial charge in [0, 0.05) is 19.3 Å². The van der Waals surface area contributed by atoms with Crippen LogP contribution in [0.3, 0.4) is 0 Å². The highest BCUT2D eigenvalue weighted by Gasteiger charge is 2.09. The van der Waals surface area contributed by atoms with Gasteiger partial charge in [-0.2, -0.15) is 5.10 Å². The number of nitrogens with one attached hydrogen (secondary N) is 1. The Bertz CT molecular complexity index is 319. The summed E-state index contributed by atoms with van der Waals surface area (Å²) >= 11 is 0. The van der Waals surface area contributed by atoms with E-state index in [0.29, 0.717) is 6.04 Å². The van der Waals surface area contributed by atoms with Gasteiger partial charge >= 0.3 is 0 Å². The van der Waals surface area contributed by atoms with Crippen molar-refractivity contribution in [2.75, 3.05) is 27.2 Å². The standard InChI is InChI=1S/C14H28N4/c1-5-9-15-14(8-10-17(2)3)7-6-13-11-16-18(4)12-13/h11-12,14-15H,5-10H2,1-4H3. The van der Waals surface area contributed by atoms with Gasteiger partial charge in [0.25, 0.3) is 0 Å². The summed E-state index contributed by atoms with van der Waals surface area (Å²) in [5, 5.41) is 7.87. The molecule has 0 aliphatic rings. The maximum atomic E-state index is 4.22.